The number of carbonyl (C=O) groups excluding carboxylic acids is 1. The maximum atomic E-state index is 11.9. The second-order valence-corrected chi connectivity index (χ2v) is 4.60. The van der Waals surface area contributed by atoms with Crippen molar-refractivity contribution in [1.29, 1.82) is 0 Å². The van der Waals surface area contributed by atoms with Crippen LogP contribution in [0.15, 0.2) is 29.6 Å². The molecule has 5 nitrogen and oxygen atoms in total. The number of thiophene rings is 1. The first-order valence-corrected chi connectivity index (χ1v) is 6.12. The van der Waals surface area contributed by atoms with E-state index in [0.717, 1.165) is 10.1 Å². The number of nitrogens with one attached hydrogen (secondary N) is 1. The molecule has 0 aliphatic heterocycles. The van der Waals surface area contributed by atoms with Gasteiger partial charge in [-0.05, 0) is 6.07 Å². The Hall–Kier alpha value is -1.92. The summed E-state index contributed by atoms with van der Waals surface area (Å²) in [7, 11) is 0. The van der Waals surface area contributed by atoms with Gasteiger partial charge in [0.05, 0.1) is 12.2 Å². The first-order valence-electron chi connectivity index (χ1n) is 5.24. The molecular weight excluding hydrogens is 254 g/mol. The van der Waals surface area contributed by atoms with Crippen LogP contribution in [0.1, 0.15) is 10.4 Å². The second-order valence-electron chi connectivity index (χ2n) is 3.69. The first kappa shape index (κ1) is 12.5. The second kappa shape index (κ2) is 5.16. The van der Waals surface area contributed by atoms with Gasteiger partial charge in [0.1, 0.15) is 0 Å². The molecule has 6 heteroatoms. The van der Waals surface area contributed by atoms with E-state index >= 15 is 0 Å². The van der Waals surface area contributed by atoms with E-state index in [2.05, 4.69) is 5.32 Å². The van der Waals surface area contributed by atoms with Crippen molar-refractivity contribution in [3.05, 3.63) is 35.2 Å². The fraction of sp³-hybridized carbons (Fsp3) is 0.167. The van der Waals surface area contributed by atoms with E-state index in [1.807, 2.05) is 18.2 Å². The van der Waals surface area contributed by atoms with E-state index in [0.29, 0.717) is 5.56 Å². The maximum Gasteiger partial charge on any atom is 0.328 e. The van der Waals surface area contributed by atoms with Gasteiger partial charge in [0.25, 0.3) is 5.91 Å². The summed E-state index contributed by atoms with van der Waals surface area (Å²) < 4.78 is 0.957. The monoisotopic (exact) mass is 265 g/mol. The molecule has 0 bridgehead atoms. The minimum Gasteiger partial charge on any atom is -0.480 e. The van der Waals surface area contributed by atoms with Gasteiger partial charge in [0.15, 0.2) is 6.04 Å². The van der Waals surface area contributed by atoms with Crippen LogP contribution in [-0.2, 0) is 4.79 Å². The molecular formula is C12H11NO4S. The lowest BCUT2D eigenvalue weighted by atomic mass is 10.1. The quantitative estimate of drug-likeness (QED) is 0.772. The predicted molar refractivity (Wildman–Crippen MR) is 67.8 cm³/mol. The summed E-state index contributed by atoms with van der Waals surface area (Å²) in [4.78, 5) is 22.6. The van der Waals surface area contributed by atoms with Gasteiger partial charge in [-0.2, -0.15) is 0 Å². The van der Waals surface area contributed by atoms with Crippen LogP contribution in [0.3, 0.4) is 0 Å². The molecule has 1 aromatic heterocycles. The van der Waals surface area contributed by atoms with E-state index < -0.39 is 24.5 Å². The molecule has 0 fully saturated rings. The van der Waals surface area contributed by atoms with Crippen LogP contribution >= 0.6 is 11.3 Å². The number of carboxylic acids is 1. The van der Waals surface area contributed by atoms with Gasteiger partial charge >= 0.3 is 5.97 Å². The van der Waals surface area contributed by atoms with Crippen LogP contribution in [0.25, 0.3) is 10.1 Å². The van der Waals surface area contributed by atoms with Crippen LogP contribution in [0, 0.1) is 0 Å². The number of hydrogen-bond acceptors (Lipinski definition) is 4. The fourth-order valence-corrected chi connectivity index (χ4v) is 2.52. The van der Waals surface area contributed by atoms with Crippen LogP contribution in [0.2, 0.25) is 0 Å². The molecule has 0 saturated carbocycles. The number of aliphatic carboxylic acids is 1. The molecule has 1 heterocycles. The van der Waals surface area contributed by atoms with Crippen LogP contribution in [0.5, 0.6) is 0 Å². The average molecular weight is 265 g/mol. The van der Waals surface area contributed by atoms with Gasteiger partial charge in [0.2, 0.25) is 0 Å². The van der Waals surface area contributed by atoms with Gasteiger partial charge in [-0.25, -0.2) is 4.79 Å². The third-order valence-electron chi connectivity index (χ3n) is 2.51. The number of rotatable bonds is 4. The standard InChI is InChI=1S/C12H11NO4S/c14-5-9(12(16)17)13-11(15)8-6-18-10-4-2-1-3-7(8)10/h1-4,6,9,14H,5H2,(H,13,15)(H,16,17)/t9-/m0/s1. The molecule has 0 spiro atoms. The lowest BCUT2D eigenvalue weighted by molar-refractivity contribution is -0.140. The zero-order valence-corrected chi connectivity index (χ0v) is 10.1. The first-order chi connectivity index (χ1) is 8.63. The van der Waals surface area contributed by atoms with Gasteiger partial charge in [0, 0.05) is 15.5 Å². The number of amides is 1. The Labute approximate surface area is 107 Å². The molecule has 2 rings (SSSR count). The third kappa shape index (κ3) is 2.34. The smallest absolute Gasteiger partial charge is 0.328 e. The number of aliphatic hydroxyl groups excluding tert-OH is 1. The van der Waals surface area contributed by atoms with Gasteiger partial charge in [-0.15, -0.1) is 11.3 Å². The molecule has 0 aliphatic carbocycles. The lowest BCUT2D eigenvalue weighted by Gasteiger charge is -2.10. The van der Waals surface area contributed by atoms with Crippen molar-refractivity contribution in [2.45, 2.75) is 6.04 Å². The molecule has 1 aromatic carbocycles. The minimum atomic E-state index is -1.28. The van der Waals surface area contributed by atoms with E-state index in [4.69, 9.17) is 10.2 Å². The Balaban J connectivity index is 2.26. The number of carboxylic acid groups (broad SMARTS) is 1. The van der Waals surface area contributed by atoms with Gasteiger partial charge in [-0.1, -0.05) is 18.2 Å². The highest BCUT2D eigenvalue weighted by molar-refractivity contribution is 7.17. The number of hydrogen-bond donors (Lipinski definition) is 3. The van der Waals surface area contributed by atoms with Crippen molar-refractivity contribution in [3.63, 3.8) is 0 Å². The predicted octanol–water partition coefficient (Wildman–Crippen LogP) is 1.08. The van der Waals surface area contributed by atoms with Crippen molar-refractivity contribution in [2.75, 3.05) is 6.61 Å². The van der Waals surface area contributed by atoms with Crippen molar-refractivity contribution < 1.29 is 19.8 Å². The Morgan fingerprint density at radius 2 is 2.06 bits per heavy atom. The lowest BCUT2D eigenvalue weighted by Crippen LogP contribution is -2.43. The molecule has 0 radical (unpaired) electrons. The zero-order valence-electron chi connectivity index (χ0n) is 9.29. The van der Waals surface area contributed by atoms with Gasteiger partial charge < -0.3 is 15.5 Å². The van der Waals surface area contributed by atoms with Crippen molar-refractivity contribution in [2.24, 2.45) is 0 Å². The average Bonchev–Trinajstić information content (AvgIpc) is 2.79. The van der Waals surface area contributed by atoms with Crippen LogP contribution < -0.4 is 5.32 Å². The SMILES string of the molecule is O=C(N[C@@H](CO)C(=O)O)c1csc2ccccc12. The maximum absolute atomic E-state index is 11.9. The number of fused-ring (bicyclic) bond motifs is 1. The molecule has 18 heavy (non-hydrogen) atoms. The molecule has 0 saturated heterocycles. The summed E-state index contributed by atoms with van der Waals surface area (Å²) in [6.07, 6.45) is 0. The van der Waals surface area contributed by atoms with E-state index in [1.165, 1.54) is 11.3 Å². The van der Waals surface area contributed by atoms with E-state index in [-0.39, 0.29) is 0 Å². The highest BCUT2D eigenvalue weighted by Gasteiger charge is 2.21. The third-order valence-corrected chi connectivity index (χ3v) is 3.48. The Bertz CT molecular complexity index is 593. The largest absolute Gasteiger partial charge is 0.480 e. The topological polar surface area (TPSA) is 86.6 Å². The van der Waals surface area contributed by atoms with E-state index in [9.17, 15) is 9.59 Å². The summed E-state index contributed by atoms with van der Waals surface area (Å²) in [5, 5.41) is 22.4. The highest BCUT2D eigenvalue weighted by Crippen LogP contribution is 2.25. The molecule has 0 aliphatic rings. The number of benzene rings is 1. The zero-order chi connectivity index (χ0) is 13.1. The Morgan fingerprint density at radius 3 is 2.72 bits per heavy atom. The summed E-state index contributed by atoms with van der Waals surface area (Å²) in [5.74, 6) is -1.75. The summed E-state index contributed by atoms with van der Waals surface area (Å²) in [6.45, 7) is -0.636. The fourth-order valence-electron chi connectivity index (χ4n) is 1.58. The van der Waals surface area contributed by atoms with E-state index in [1.54, 1.807) is 11.4 Å². The van der Waals surface area contributed by atoms with Crippen LogP contribution in [-0.4, -0.2) is 34.7 Å². The normalized spacial score (nSPS) is 12.3. The van der Waals surface area contributed by atoms with Gasteiger partial charge in [-0.3, -0.25) is 4.79 Å². The molecule has 94 valence electrons. The molecule has 1 amide bonds. The molecule has 0 unspecified atom stereocenters. The summed E-state index contributed by atoms with van der Waals surface area (Å²) in [5.41, 5.74) is 0.426. The van der Waals surface area contributed by atoms with Crippen molar-refractivity contribution >= 4 is 33.3 Å². The summed E-state index contributed by atoms with van der Waals surface area (Å²) in [6, 6.07) is 6.09. The molecule has 3 N–H and O–H groups in total. The number of carbonyl (C=O) groups is 2. The van der Waals surface area contributed by atoms with Crippen molar-refractivity contribution in [1.82, 2.24) is 5.32 Å². The summed E-state index contributed by atoms with van der Waals surface area (Å²) >= 11 is 1.41. The van der Waals surface area contributed by atoms with Crippen molar-refractivity contribution in [3.8, 4) is 0 Å². The molecule has 2 aromatic rings. The van der Waals surface area contributed by atoms with Crippen LogP contribution in [0.4, 0.5) is 0 Å². The Morgan fingerprint density at radius 1 is 1.33 bits per heavy atom. The molecule has 1 atom stereocenters. The highest BCUT2D eigenvalue weighted by atomic mass is 32.1. The minimum absolute atomic E-state index is 0.426. The number of aliphatic hydroxyl groups is 1. The Kier molecular flexibility index (Phi) is 3.59.